The third kappa shape index (κ3) is 6.71. The highest BCUT2D eigenvalue weighted by Gasteiger charge is 2.37. The molecule has 4 heteroatoms. The summed E-state index contributed by atoms with van der Waals surface area (Å²) < 4.78 is 0. The lowest BCUT2D eigenvalue weighted by Crippen LogP contribution is -2.35. The van der Waals surface area contributed by atoms with Crippen LogP contribution in [0.2, 0.25) is 0 Å². The van der Waals surface area contributed by atoms with Crippen LogP contribution in [-0.2, 0) is 4.79 Å². The fourth-order valence-electron chi connectivity index (χ4n) is 2.70. The second-order valence-corrected chi connectivity index (χ2v) is 4.92. The molecule has 1 aliphatic heterocycles. The SMILES string of the molecule is C.CC.CC.C[C@@H](O)[C@@H]1CN(C(=O)CN)C[C@H]1c1ccccc1. The summed E-state index contributed by atoms with van der Waals surface area (Å²) >= 11 is 0. The van der Waals surface area contributed by atoms with E-state index in [4.69, 9.17) is 5.73 Å². The normalized spacial score (nSPS) is 20.2. The van der Waals surface area contributed by atoms with Crippen LogP contribution in [0.4, 0.5) is 0 Å². The lowest BCUT2D eigenvalue weighted by Gasteiger charge is -2.20. The standard InChI is InChI=1S/C14H20N2O2.2C2H6.CH4/c1-10(17)12-8-16(14(18)7-15)9-13(12)11-5-3-2-4-6-11;2*1-2;/h2-6,10,12-13,17H,7-9,15H2,1H3;2*1-2H3;1H4/t10-,12+,13+;;;/m1.../s1. The van der Waals surface area contributed by atoms with E-state index in [-0.39, 0.29) is 31.7 Å². The van der Waals surface area contributed by atoms with Crippen molar-refractivity contribution in [3.8, 4) is 0 Å². The zero-order valence-electron chi connectivity index (χ0n) is 14.6. The number of benzene rings is 1. The average Bonchev–Trinajstić information content (AvgIpc) is 3.04. The van der Waals surface area contributed by atoms with Crippen LogP contribution < -0.4 is 5.73 Å². The summed E-state index contributed by atoms with van der Waals surface area (Å²) in [4.78, 5) is 13.4. The first-order chi connectivity index (χ1) is 10.6. The molecule has 1 amide bonds. The first kappa shape index (κ1) is 23.9. The zero-order valence-corrected chi connectivity index (χ0v) is 14.6. The van der Waals surface area contributed by atoms with Gasteiger partial charge in [0.05, 0.1) is 12.6 Å². The predicted octanol–water partition coefficient (Wildman–Crippen LogP) is 3.26. The number of aliphatic hydroxyl groups excluding tert-OH is 1. The number of hydrogen-bond acceptors (Lipinski definition) is 3. The van der Waals surface area contributed by atoms with Crippen LogP contribution in [0.25, 0.3) is 0 Å². The Morgan fingerprint density at radius 1 is 1.22 bits per heavy atom. The van der Waals surface area contributed by atoms with E-state index in [0.717, 1.165) is 0 Å². The van der Waals surface area contributed by atoms with E-state index in [2.05, 4.69) is 12.1 Å². The van der Waals surface area contributed by atoms with E-state index < -0.39 is 6.10 Å². The second-order valence-electron chi connectivity index (χ2n) is 4.92. The highest BCUT2D eigenvalue weighted by atomic mass is 16.3. The molecular formula is C19H36N2O2. The van der Waals surface area contributed by atoms with Gasteiger partial charge in [0.25, 0.3) is 0 Å². The van der Waals surface area contributed by atoms with Gasteiger partial charge in [-0.15, -0.1) is 0 Å². The molecule has 23 heavy (non-hydrogen) atoms. The molecule has 2 rings (SSSR count). The predicted molar refractivity (Wildman–Crippen MR) is 99.4 cm³/mol. The van der Waals surface area contributed by atoms with Crippen molar-refractivity contribution in [1.29, 1.82) is 0 Å². The van der Waals surface area contributed by atoms with Gasteiger partial charge in [0.2, 0.25) is 5.91 Å². The van der Waals surface area contributed by atoms with E-state index >= 15 is 0 Å². The number of carbonyl (C=O) groups excluding carboxylic acids is 1. The molecule has 1 aromatic carbocycles. The van der Waals surface area contributed by atoms with Crippen LogP contribution in [0, 0.1) is 5.92 Å². The van der Waals surface area contributed by atoms with E-state index in [1.807, 2.05) is 45.9 Å². The third-order valence-corrected chi connectivity index (χ3v) is 3.74. The molecule has 0 radical (unpaired) electrons. The molecule has 1 aromatic rings. The fourth-order valence-corrected chi connectivity index (χ4v) is 2.70. The van der Waals surface area contributed by atoms with Crippen molar-refractivity contribution < 1.29 is 9.90 Å². The number of hydrogen-bond donors (Lipinski definition) is 2. The van der Waals surface area contributed by atoms with Gasteiger partial charge in [0, 0.05) is 24.9 Å². The lowest BCUT2D eigenvalue weighted by atomic mass is 9.86. The minimum Gasteiger partial charge on any atom is -0.393 e. The smallest absolute Gasteiger partial charge is 0.236 e. The summed E-state index contributed by atoms with van der Waals surface area (Å²) in [6, 6.07) is 10.1. The summed E-state index contributed by atoms with van der Waals surface area (Å²) in [6.07, 6.45) is -0.425. The average molecular weight is 325 g/mol. The van der Waals surface area contributed by atoms with Gasteiger partial charge >= 0.3 is 0 Å². The van der Waals surface area contributed by atoms with Crippen LogP contribution >= 0.6 is 0 Å². The van der Waals surface area contributed by atoms with Crippen molar-refractivity contribution in [3.05, 3.63) is 35.9 Å². The topological polar surface area (TPSA) is 66.6 Å². The van der Waals surface area contributed by atoms with Gasteiger partial charge in [-0.25, -0.2) is 0 Å². The molecule has 4 nitrogen and oxygen atoms in total. The number of nitrogens with zero attached hydrogens (tertiary/aromatic N) is 1. The van der Waals surface area contributed by atoms with Crippen molar-refractivity contribution in [2.75, 3.05) is 19.6 Å². The summed E-state index contributed by atoms with van der Waals surface area (Å²) in [7, 11) is 0. The Labute approximate surface area is 142 Å². The van der Waals surface area contributed by atoms with Gasteiger partial charge < -0.3 is 15.7 Å². The van der Waals surface area contributed by atoms with Gasteiger partial charge in [0.1, 0.15) is 0 Å². The maximum atomic E-state index is 11.7. The molecular weight excluding hydrogens is 288 g/mol. The Bertz CT molecular complexity index is 407. The number of rotatable bonds is 3. The Kier molecular flexibility index (Phi) is 13.6. The molecule has 1 saturated heterocycles. The van der Waals surface area contributed by atoms with Crippen molar-refractivity contribution in [3.63, 3.8) is 0 Å². The third-order valence-electron chi connectivity index (χ3n) is 3.74. The molecule has 1 aliphatic rings. The fraction of sp³-hybridized carbons (Fsp3) is 0.632. The summed E-state index contributed by atoms with van der Waals surface area (Å²) in [5, 5.41) is 9.89. The molecule has 134 valence electrons. The van der Waals surface area contributed by atoms with Gasteiger partial charge in [-0.05, 0) is 12.5 Å². The molecule has 1 fully saturated rings. The number of aliphatic hydroxyl groups is 1. The number of amides is 1. The van der Waals surface area contributed by atoms with E-state index in [0.29, 0.717) is 13.1 Å². The number of carbonyl (C=O) groups is 1. The van der Waals surface area contributed by atoms with Crippen molar-refractivity contribution in [2.45, 2.75) is 54.1 Å². The molecule has 1 heterocycles. The van der Waals surface area contributed by atoms with Gasteiger partial charge in [0.15, 0.2) is 0 Å². The number of likely N-dealkylation sites (tertiary alicyclic amines) is 1. The molecule has 0 aromatic heterocycles. The van der Waals surface area contributed by atoms with E-state index in [1.165, 1.54) is 5.56 Å². The van der Waals surface area contributed by atoms with Crippen LogP contribution in [0.5, 0.6) is 0 Å². The second kappa shape index (κ2) is 13.1. The van der Waals surface area contributed by atoms with Crippen LogP contribution in [0.1, 0.15) is 53.5 Å². The molecule has 0 saturated carbocycles. The van der Waals surface area contributed by atoms with E-state index in [1.54, 1.807) is 11.8 Å². The number of nitrogens with two attached hydrogens (primary N) is 1. The van der Waals surface area contributed by atoms with Gasteiger partial charge in [-0.1, -0.05) is 65.5 Å². The largest absolute Gasteiger partial charge is 0.393 e. The highest BCUT2D eigenvalue weighted by molar-refractivity contribution is 5.78. The Morgan fingerprint density at radius 3 is 2.17 bits per heavy atom. The minimum atomic E-state index is -0.425. The zero-order chi connectivity index (χ0) is 17.1. The molecule has 0 bridgehead atoms. The van der Waals surface area contributed by atoms with Gasteiger partial charge in [-0.2, -0.15) is 0 Å². The monoisotopic (exact) mass is 324 g/mol. The highest BCUT2D eigenvalue weighted by Crippen LogP contribution is 2.34. The summed E-state index contributed by atoms with van der Waals surface area (Å²) in [5.41, 5.74) is 6.58. The summed E-state index contributed by atoms with van der Waals surface area (Å²) in [5.74, 6) is 0.240. The lowest BCUT2D eigenvalue weighted by molar-refractivity contribution is -0.128. The van der Waals surface area contributed by atoms with Crippen LogP contribution in [0.3, 0.4) is 0 Å². The van der Waals surface area contributed by atoms with E-state index in [9.17, 15) is 9.90 Å². The molecule has 0 aliphatic carbocycles. The van der Waals surface area contributed by atoms with Crippen molar-refractivity contribution >= 4 is 5.91 Å². The molecule has 3 atom stereocenters. The summed E-state index contributed by atoms with van der Waals surface area (Å²) in [6.45, 7) is 11.1. The minimum absolute atomic E-state index is 0. The van der Waals surface area contributed by atoms with Crippen molar-refractivity contribution in [1.82, 2.24) is 4.90 Å². The first-order valence-corrected chi connectivity index (χ1v) is 8.34. The van der Waals surface area contributed by atoms with Gasteiger partial charge in [-0.3, -0.25) is 4.79 Å². The molecule has 3 N–H and O–H groups in total. The maximum Gasteiger partial charge on any atom is 0.236 e. The Hall–Kier alpha value is -1.39. The van der Waals surface area contributed by atoms with Crippen LogP contribution in [0.15, 0.2) is 30.3 Å². The molecule has 0 spiro atoms. The Morgan fingerprint density at radius 2 is 1.74 bits per heavy atom. The first-order valence-electron chi connectivity index (χ1n) is 8.34. The Balaban J connectivity index is 0. The molecule has 0 unspecified atom stereocenters. The quantitative estimate of drug-likeness (QED) is 0.897. The maximum absolute atomic E-state index is 11.7. The van der Waals surface area contributed by atoms with Crippen LogP contribution in [-0.4, -0.2) is 41.7 Å². The van der Waals surface area contributed by atoms with Crippen molar-refractivity contribution in [2.24, 2.45) is 11.7 Å².